The van der Waals surface area contributed by atoms with Crippen LogP contribution in [0.2, 0.25) is 0 Å². The molecule has 3 nitrogen and oxygen atoms in total. The molecule has 0 aromatic heterocycles. The molecule has 0 saturated carbocycles. The summed E-state index contributed by atoms with van der Waals surface area (Å²) < 4.78 is 28.1. The number of rotatable bonds is 5. The third-order valence-electron chi connectivity index (χ3n) is 3.48. The van der Waals surface area contributed by atoms with E-state index < -0.39 is 29.3 Å². The van der Waals surface area contributed by atoms with Crippen molar-refractivity contribution in [2.75, 3.05) is 5.32 Å². The Bertz CT molecular complexity index is 688. The lowest BCUT2D eigenvalue weighted by atomic mass is 10.1. The summed E-state index contributed by atoms with van der Waals surface area (Å²) in [6, 6.07) is 10.3. The molecule has 2 aromatic carbocycles. The Kier molecular flexibility index (Phi) is 5.85. The highest BCUT2D eigenvalue weighted by Crippen LogP contribution is 2.23. The smallest absolute Gasteiger partial charge is 0.241 e. The quantitative estimate of drug-likeness (QED) is 0.804. The van der Waals surface area contributed by atoms with Gasteiger partial charge >= 0.3 is 0 Å². The van der Waals surface area contributed by atoms with Crippen molar-refractivity contribution in [1.82, 2.24) is 5.32 Å². The molecule has 2 aromatic rings. The van der Waals surface area contributed by atoms with Crippen molar-refractivity contribution >= 4 is 27.5 Å². The summed E-state index contributed by atoms with van der Waals surface area (Å²) in [5.41, 5.74) is 0.559. The van der Waals surface area contributed by atoms with Gasteiger partial charge in [0.25, 0.3) is 0 Å². The Labute approximate surface area is 142 Å². The maximum atomic E-state index is 13.6. The summed E-state index contributed by atoms with van der Waals surface area (Å²) in [7, 11) is 0. The predicted octanol–water partition coefficient (Wildman–Crippen LogP) is 4.41. The van der Waals surface area contributed by atoms with Crippen molar-refractivity contribution in [3.8, 4) is 0 Å². The summed E-state index contributed by atoms with van der Waals surface area (Å²) in [5, 5.41) is 5.40. The first-order valence-electron chi connectivity index (χ1n) is 7.15. The highest BCUT2D eigenvalue weighted by molar-refractivity contribution is 9.10. The van der Waals surface area contributed by atoms with Crippen molar-refractivity contribution in [1.29, 1.82) is 0 Å². The molecule has 122 valence electrons. The number of carbonyl (C=O) groups excluding carboxylic acids is 1. The number of carbonyl (C=O) groups is 1. The topological polar surface area (TPSA) is 41.1 Å². The molecular formula is C17H17BrF2N2O. The minimum Gasteiger partial charge on any atom is -0.320 e. The van der Waals surface area contributed by atoms with Crippen LogP contribution in [0.1, 0.15) is 25.5 Å². The van der Waals surface area contributed by atoms with Crippen LogP contribution in [0.3, 0.4) is 0 Å². The number of hydrogen-bond donors (Lipinski definition) is 2. The molecule has 0 fully saturated rings. The van der Waals surface area contributed by atoms with Gasteiger partial charge in [-0.2, -0.15) is 0 Å². The predicted molar refractivity (Wildman–Crippen MR) is 90.1 cm³/mol. The summed E-state index contributed by atoms with van der Waals surface area (Å²) in [4.78, 5) is 12.1. The maximum Gasteiger partial charge on any atom is 0.241 e. The monoisotopic (exact) mass is 382 g/mol. The lowest BCUT2D eigenvalue weighted by Crippen LogP contribution is -2.39. The first kappa shape index (κ1) is 17.6. The molecule has 0 heterocycles. The van der Waals surface area contributed by atoms with Crippen molar-refractivity contribution in [2.45, 2.75) is 25.9 Å². The molecular weight excluding hydrogens is 366 g/mol. The number of para-hydroxylation sites is 1. The highest BCUT2D eigenvalue weighted by atomic mass is 79.9. The Morgan fingerprint density at radius 1 is 1.04 bits per heavy atom. The number of nitrogens with one attached hydrogen (secondary N) is 2. The normalized spacial score (nSPS) is 13.4. The second-order valence-electron chi connectivity index (χ2n) is 5.22. The molecule has 2 rings (SSSR count). The van der Waals surface area contributed by atoms with Gasteiger partial charge in [0.15, 0.2) is 0 Å². The van der Waals surface area contributed by atoms with E-state index in [9.17, 15) is 13.6 Å². The minimum absolute atomic E-state index is 0.114. The number of anilines is 1. The fraction of sp³-hybridized carbons (Fsp3) is 0.235. The molecule has 1 amide bonds. The zero-order valence-corrected chi connectivity index (χ0v) is 14.3. The van der Waals surface area contributed by atoms with Crippen molar-refractivity contribution in [3.63, 3.8) is 0 Å². The average molecular weight is 383 g/mol. The van der Waals surface area contributed by atoms with Crippen molar-refractivity contribution in [2.24, 2.45) is 0 Å². The van der Waals surface area contributed by atoms with E-state index in [-0.39, 0.29) is 6.04 Å². The molecule has 0 aliphatic heterocycles. The molecule has 0 aliphatic rings. The fourth-order valence-electron chi connectivity index (χ4n) is 2.22. The van der Waals surface area contributed by atoms with Gasteiger partial charge in [-0.15, -0.1) is 0 Å². The van der Waals surface area contributed by atoms with Gasteiger partial charge < -0.3 is 5.32 Å². The number of hydrogen-bond acceptors (Lipinski definition) is 2. The van der Waals surface area contributed by atoms with Crippen LogP contribution in [0, 0.1) is 11.6 Å². The van der Waals surface area contributed by atoms with Crippen molar-refractivity contribution in [3.05, 3.63) is 64.1 Å². The van der Waals surface area contributed by atoms with Gasteiger partial charge in [0, 0.05) is 10.5 Å². The molecule has 0 spiro atoms. The van der Waals surface area contributed by atoms with Crippen molar-refractivity contribution < 1.29 is 13.6 Å². The van der Waals surface area contributed by atoms with Gasteiger partial charge in [-0.05, 0) is 37.6 Å². The third kappa shape index (κ3) is 4.36. The van der Waals surface area contributed by atoms with Crippen LogP contribution in [0.25, 0.3) is 0 Å². The Hall–Kier alpha value is -1.79. The SMILES string of the molecule is C[C@H](N[C@H](C)c1ccccc1Br)C(=O)Nc1c(F)cccc1F. The van der Waals surface area contributed by atoms with Crippen LogP contribution in [0.4, 0.5) is 14.5 Å². The first-order valence-corrected chi connectivity index (χ1v) is 7.94. The Morgan fingerprint density at radius 2 is 1.65 bits per heavy atom. The fourth-order valence-corrected chi connectivity index (χ4v) is 2.84. The van der Waals surface area contributed by atoms with Gasteiger partial charge in [0.05, 0.1) is 6.04 Å². The van der Waals surface area contributed by atoms with E-state index >= 15 is 0 Å². The maximum absolute atomic E-state index is 13.6. The van der Waals surface area contributed by atoms with Gasteiger partial charge in [-0.25, -0.2) is 8.78 Å². The van der Waals surface area contributed by atoms with Gasteiger partial charge in [-0.1, -0.05) is 40.2 Å². The van der Waals surface area contributed by atoms with Gasteiger partial charge in [0.1, 0.15) is 17.3 Å². The zero-order valence-electron chi connectivity index (χ0n) is 12.7. The van der Waals surface area contributed by atoms with E-state index in [1.807, 2.05) is 31.2 Å². The molecule has 23 heavy (non-hydrogen) atoms. The molecule has 2 N–H and O–H groups in total. The Balaban J connectivity index is 2.04. The molecule has 0 aliphatic carbocycles. The van der Waals surface area contributed by atoms with E-state index in [0.717, 1.165) is 22.2 Å². The molecule has 0 unspecified atom stereocenters. The zero-order chi connectivity index (χ0) is 17.0. The number of halogens is 3. The van der Waals surface area contributed by atoms with Gasteiger partial charge in [0.2, 0.25) is 5.91 Å². The average Bonchev–Trinajstić information content (AvgIpc) is 2.51. The summed E-state index contributed by atoms with van der Waals surface area (Å²) in [6.45, 7) is 3.55. The summed E-state index contributed by atoms with van der Waals surface area (Å²) >= 11 is 3.46. The third-order valence-corrected chi connectivity index (χ3v) is 4.20. The number of amides is 1. The van der Waals surface area contributed by atoms with Crippen LogP contribution in [0.5, 0.6) is 0 Å². The largest absolute Gasteiger partial charge is 0.320 e. The summed E-state index contributed by atoms with van der Waals surface area (Å²) in [6.07, 6.45) is 0. The molecule has 0 saturated heterocycles. The molecule has 2 atom stereocenters. The first-order chi connectivity index (χ1) is 10.9. The van der Waals surface area contributed by atoms with E-state index in [1.54, 1.807) is 6.92 Å². The molecule has 0 bridgehead atoms. The second kappa shape index (κ2) is 7.66. The number of benzene rings is 2. The van der Waals surface area contributed by atoms with E-state index in [0.29, 0.717) is 0 Å². The van der Waals surface area contributed by atoms with Crippen LogP contribution in [0.15, 0.2) is 46.9 Å². The minimum atomic E-state index is -0.801. The standard InChI is InChI=1S/C17H17BrF2N2O/c1-10(12-6-3-4-7-13(12)18)21-11(2)17(23)22-16-14(19)8-5-9-15(16)20/h3-11,21H,1-2H3,(H,22,23)/t10-,11+/m1/s1. The summed E-state index contributed by atoms with van der Waals surface area (Å²) in [5.74, 6) is -2.11. The van der Waals surface area contributed by atoms with Crippen LogP contribution < -0.4 is 10.6 Å². The van der Waals surface area contributed by atoms with Gasteiger partial charge in [-0.3, -0.25) is 10.1 Å². The van der Waals surface area contributed by atoms with Crippen LogP contribution in [-0.4, -0.2) is 11.9 Å². The highest BCUT2D eigenvalue weighted by Gasteiger charge is 2.20. The van der Waals surface area contributed by atoms with Crippen LogP contribution in [-0.2, 0) is 4.79 Å². The van der Waals surface area contributed by atoms with E-state index in [2.05, 4.69) is 26.6 Å². The lowest BCUT2D eigenvalue weighted by molar-refractivity contribution is -0.118. The van der Waals surface area contributed by atoms with Crippen LogP contribution >= 0.6 is 15.9 Å². The molecule has 0 radical (unpaired) electrons. The second-order valence-corrected chi connectivity index (χ2v) is 6.07. The Morgan fingerprint density at radius 3 is 2.26 bits per heavy atom. The molecule has 6 heteroatoms. The van der Waals surface area contributed by atoms with E-state index in [4.69, 9.17) is 0 Å². The lowest BCUT2D eigenvalue weighted by Gasteiger charge is -2.21. The van der Waals surface area contributed by atoms with E-state index in [1.165, 1.54) is 6.07 Å².